The van der Waals surface area contributed by atoms with E-state index in [2.05, 4.69) is 33.8 Å². The van der Waals surface area contributed by atoms with Crippen molar-refractivity contribution in [2.75, 3.05) is 12.3 Å². The number of unbranched alkanes of at least 4 members (excludes halogenated alkanes) is 1. The van der Waals surface area contributed by atoms with E-state index in [0.29, 0.717) is 13.3 Å². The van der Waals surface area contributed by atoms with Crippen LogP contribution in [0.4, 0.5) is 0 Å². The highest BCUT2D eigenvalue weighted by Crippen LogP contribution is 2.71. The molecule has 1 saturated heterocycles. The molecule has 3 aliphatic carbocycles. The van der Waals surface area contributed by atoms with Gasteiger partial charge in [-0.25, -0.2) is 0 Å². The molecule has 6 atom stereocenters. The molecule has 0 aromatic carbocycles. The van der Waals surface area contributed by atoms with E-state index in [1.54, 1.807) is 31.6 Å². The molecule has 0 aromatic heterocycles. The Balaban J connectivity index is 1.45. The number of fused-ring (bicyclic) bond motifs is 5. The van der Waals surface area contributed by atoms with Gasteiger partial charge in [0.1, 0.15) is 0 Å². The second-order valence-electron chi connectivity index (χ2n) is 11.0. The first-order chi connectivity index (χ1) is 12.4. The van der Waals surface area contributed by atoms with Gasteiger partial charge < -0.3 is 0 Å². The average Bonchev–Trinajstić information content (AvgIpc) is 2.94. The molecule has 3 fully saturated rings. The van der Waals surface area contributed by atoms with E-state index in [1.165, 1.54) is 51.4 Å². The van der Waals surface area contributed by atoms with E-state index in [1.807, 2.05) is 5.57 Å². The molecule has 4 aliphatic rings. The molecule has 148 valence electrons. The summed E-state index contributed by atoms with van der Waals surface area (Å²) in [5.74, 6) is 4.01. The van der Waals surface area contributed by atoms with Crippen LogP contribution in [-0.4, -0.2) is 17.5 Å². The lowest BCUT2D eigenvalue weighted by Crippen LogP contribution is -2.50. The maximum Gasteiger partial charge on any atom is -0.00853 e. The predicted molar refractivity (Wildman–Crippen MR) is 117 cm³/mol. The smallest absolute Gasteiger partial charge is 0.00853 e. The molecule has 1 aliphatic heterocycles. The second-order valence-corrected chi connectivity index (χ2v) is 14.0. The lowest BCUT2D eigenvalue weighted by molar-refractivity contribution is 0.0199. The summed E-state index contributed by atoms with van der Waals surface area (Å²) in [6, 6.07) is 0. The van der Waals surface area contributed by atoms with Crippen LogP contribution in [0.1, 0.15) is 98.3 Å². The van der Waals surface area contributed by atoms with E-state index >= 15 is 0 Å². The Bertz CT molecular complexity index is 534. The topological polar surface area (TPSA) is 0 Å². The van der Waals surface area contributed by atoms with E-state index in [9.17, 15) is 0 Å². The van der Waals surface area contributed by atoms with Crippen LogP contribution in [0.15, 0.2) is 11.6 Å². The quantitative estimate of drug-likeness (QED) is 0.260. The molecular formula is C25H43P. The van der Waals surface area contributed by atoms with Crippen molar-refractivity contribution in [3.05, 3.63) is 11.6 Å². The molecule has 2 saturated carbocycles. The van der Waals surface area contributed by atoms with E-state index in [-0.39, 0.29) is 0 Å². The summed E-state index contributed by atoms with van der Waals surface area (Å²) in [5.41, 5.74) is 2.47. The van der Waals surface area contributed by atoms with Crippen LogP contribution in [0.3, 0.4) is 0 Å². The van der Waals surface area contributed by atoms with Gasteiger partial charge in [-0.1, -0.05) is 58.6 Å². The van der Waals surface area contributed by atoms with Gasteiger partial charge in [0, 0.05) is 0 Å². The fourth-order valence-electron chi connectivity index (χ4n) is 7.69. The summed E-state index contributed by atoms with van der Waals surface area (Å²) in [5, 5.41) is 0.741. The molecule has 0 aromatic rings. The van der Waals surface area contributed by atoms with Gasteiger partial charge in [0.25, 0.3) is 0 Å². The Kier molecular flexibility index (Phi) is 5.65. The Morgan fingerprint density at radius 3 is 2.73 bits per heavy atom. The summed E-state index contributed by atoms with van der Waals surface area (Å²) in [7, 11) is 0.296. The second kappa shape index (κ2) is 7.54. The monoisotopic (exact) mass is 374 g/mol. The summed E-state index contributed by atoms with van der Waals surface area (Å²) in [6.45, 7) is 10.2. The van der Waals surface area contributed by atoms with Gasteiger partial charge in [-0.3, -0.25) is 0 Å². The Morgan fingerprint density at radius 2 is 1.92 bits per heavy atom. The molecule has 0 spiro atoms. The molecular weight excluding hydrogens is 331 g/mol. The van der Waals surface area contributed by atoms with E-state index < -0.39 is 0 Å². The minimum absolute atomic E-state index is 0.296. The first-order valence-corrected chi connectivity index (χ1v) is 13.6. The first-order valence-electron chi connectivity index (χ1n) is 11.9. The first kappa shape index (κ1) is 19.5. The fraction of sp³-hybridized carbons (Fsp3) is 0.920. The zero-order valence-electron chi connectivity index (χ0n) is 18.0. The Morgan fingerprint density at radius 1 is 1.08 bits per heavy atom. The van der Waals surface area contributed by atoms with Crippen LogP contribution < -0.4 is 0 Å². The molecule has 0 bridgehead atoms. The van der Waals surface area contributed by atoms with Gasteiger partial charge in [-0.2, -0.15) is 0 Å². The van der Waals surface area contributed by atoms with Crippen LogP contribution in [0.25, 0.3) is 0 Å². The van der Waals surface area contributed by atoms with Gasteiger partial charge in [0.2, 0.25) is 0 Å². The molecule has 26 heavy (non-hydrogen) atoms. The predicted octanol–water partition coefficient (Wildman–Crippen LogP) is 8.01. The molecule has 1 heteroatoms. The van der Waals surface area contributed by atoms with Crippen LogP contribution in [0.5, 0.6) is 0 Å². The minimum Gasteiger partial charge on any atom is -0.100 e. The molecule has 4 rings (SSSR count). The maximum atomic E-state index is 2.75. The Hall–Kier alpha value is 0.170. The third kappa shape index (κ3) is 3.25. The molecule has 6 unspecified atom stereocenters. The van der Waals surface area contributed by atoms with Crippen LogP contribution in [0.2, 0.25) is 0 Å². The number of rotatable bonds is 5. The fourth-order valence-corrected chi connectivity index (χ4v) is 11.4. The van der Waals surface area contributed by atoms with Crippen LogP contribution in [-0.2, 0) is 0 Å². The van der Waals surface area contributed by atoms with Gasteiger partial charge >= 0.3 is 0 Å². The molecule has 0 amide bonds. The average molecular weight is 375 g/mol. The van der Waals surface area contributed by atoms with Gasteiger partial charge in [0.15, 0.2) is 0 Å². The lowest BCUT2D eigenvalue weighted by atomic mass is 9.50. The highest BCUT2D eigenvalue weighted by molar-refractivity contribution is 7.59. The van der Waals surface area contributed by atoms with Crippen molar-refractivity contribution >= 4 is 7.92 Å². The van der Waals surface area contributed by atoms with Gasteiger partial charge in [0.05, 0.1) is 0 Å². The van der Waals surface area contributed by atoms with Crippen LogP contribution >= 0.6 is 7.92 Å². The van der Waals surface area contributed by atoms with Gasteiger partial charge in [-0.05, 0) is 97.9 Å². The van der Waals surface area contributed by atoms with Crippen molar-refractivity contribution in [2.45, 2.75) is 103 Å². The zero-order valence-corrected chi connectivity index (χ0v) is 18.9. The zero-order chi connectivity index (χ0) is 18.4. The van der Waals surface area contributed by atoms with Crippen molar-refractivity contribution in [3.63, 3.8) is 0 Å². The normalized spacial score (nSPS) is 45.0. The molecule has 0 radical (unpaired) electrons. The SMILES string of the molecule is CC(C)CCCCP1CCC2C3CC=C4CCCCC4(C)C3CCC21C. The summed E-state index contributed by atoms with van der Waals surface area (Å²) >= 11 is 0. The third-order valence-electron chi connectivity index (χ3n) is 9.27. The lowest BCUT2D eigenvalue weighted by Gasteiger charge is -2.57. The largest absolute Gasteiger partial charge is 0.100 e. The molecule has 1 heterocycles. The number of hydrogen-bond acceptors (Lipinski definition) is 0. The van der Waals surface area contributed by atoms with Gasteiger partial charge in [-0.15, -0.1) is 7.92 Å². The van der Waals surface area contributed by atoms with Crippen molar-refractivity contribution in [3.8, 4) is 0 Å². The maximum absolute atomic E-state index is 2.75. The minimum atomic E-state index is 0.296. The third-order valence-corrected chi connectivity index (χ3v) is 12.9. The standard InChI is InChI=1S/C25H43P/c1-19(2)9-6-8-17-26-18-14-23-21-12-11-20-10-5-7-15-24(20,3)22(21)13-16-25(23,26)4/h11,19,21-23H,5-10,12-18H2,1-4H3. The molecule has 0 nitrogen and oxygen atoms in total. The number of allylic oxidation sites excluding steroid dienone is 2. The highest BCUT2D eigenvalue weighted by atomic mass is 31.1. The van der Waals surface area contributed by atoms with E-state index in [0.717, 1.165) is 28.8 Å². The van der Waals surface area contributed by atoms with E-state index in [4.69, 9.17) is 0 Å². The summed E-state index contributed by atoms with van der Waals surface area (Å²) in [6.07, 6.45) is 22.4. The van der Waals surface area contributed by atoms with Crippen molar-refractivity contribution < 1.29 is 0 Å². The van der Waals surface area contributed by atoms with Crippen molar-refractivity contribution in [1.29, 1.82) is 0 Å². The van der Waals surface area contributed by atoms with Crippen molar-refractivity contribution in [1.82, 2.24) is 0 Å². The molecule has 0 N–H and O–H groups in total. The van der Waals surface area contributed by atoms with Crippen LogP contribution in [0, 0.1) is 29.1 Å². The number of hydrogen-bond donors (Lipinski definition) is 0. The summed E-state index contributed by atoms with van der Waals surface area (Å²) < 4.78 is 0. The Labute approximate surface area is 164 Å². The summed E-state index contributed by atoms with van der Waals surface area (Å²) in [4.78, 5) is 0. The van der Waals surface area contributed by atoms with Crippen molar-refractivity contribution in [2.24, 2.45) is 29.1 Å². The highest BCUT2D eigenvalue weighted by Gasteiger charge is 2.57.